The van der Waals surface area contributed by atoms with Crippen LogP contribution in [0.3, 0.4) is 0 Å². The Bertz CT molecular complexity index is 345. The molecule has 0 aliphatic heterocycles. The molecule has 2 heteroatoms. The predicted octanol–water partition coefficient (Wildman–Crippen LogP) is 3.17. The lowest BCUT2D eigenvalue weighted by Gasteiger charge is -2.42. The lowest BCUT2D eigenvalue weighted by Crippen LogP contribution is -2.42. The first kappa shape index (κ1) is 12.6. The van der Waals surface area contributed by atoms with Crippen LogP contribution in [0, 0.1) is 11.3 Å². The molecule has 0 amide bonds. The summed E-state index contributed by atoms with van der Waals surface area (Å²) in [4.78, 5) is 4.05. The van der Waals surface area contributed by atoms with E-state index in [2.05, 4.69) is 31.0 Å². The third kappa shape index (κ3) is 3.06. The third-order valence-corrected chi connectivity index (χ3v) is 4.33. The molecule has 94 valence electrons. The van der Waals surface area contributed by atoms with Gasteiger partial charge in [-0.1, -0.05) is 26.7 Å². The molecule has 0 aromatic carbocycles. The standard InChI is InChI=1S/C15H24N2/c1-15(2)8-4-3-5-13(15)14(16)11-12-6-9-17-10-7-12/h6-7,9-10,13-14H,3-5,8,11,16H2,1-2H3. The van der Waals surface area contributed by atoms with Crippen LogP contribution in [-0.4, -0.2) is 11.0 Å². The first-order valence-corrected chi connectivity index (χ1v) is 6.74. The Morgan fingerprint density at radius 2 is 2.06 bits per heavy atom. The van der Waals surface area contributed by atoms with Gasteiger partial charge in [0.25, 0.3) is 0 Å². The zero-order valence-corrected chi connectivity index (χ0v) is 11.0. The molecule has 17 heavy (non-hydrogen) atoms. The van der Waals surface area contributed by atoms with E-state index >= 15 is 0 Å². The van der Waals surface area contributed by atoms with Crippen molar-refractivity contribution in [2.45, 2.75) is 52.0 Å². The molecule has 2 nitrogen and oxygen atoms in total. The molecule has 0 spiro atoms. The first-order valence-electron chi connectivity index (χ1n) is 6.74. The van der Waals surface area contributed by atoms with Gasteiger partial charge in [-0.3, -0.25) is 4.98 Å². The van der Waals surface area contributed by atoms with Crippen LogP contribution in [0.25, 0.3) is 0 Å². The van der Waals surface area contributed by atoms with E-state index in [9.17, 15) is 0 Å². The molecule has 1 heterocycles. The summed E-state index contributed by atoms with van der Waals surface area (Å²) in [6.45, 7) is 4.76. The Labute approximate surface area is 105 Å². The molecule has 0 radical (unpaired) electrons. The summed E-state index contributed by atoms with van der Waals surface area (Å²) in [5.41, 5.74) is 8.16. The van der Waals surface area contributed by atoms with Crippen molar-refractivity contribution in [2.24, 2.45) is 17.1 Å². The molecule has 1 saturated carbocycles. The van der Waals surface area contributed by atoms with Crippen molar-refractivity contribution in [1.29, 1.82) is 0 Å². The lowest BCUT2D eigenvalue weighted by molar-refractivity contribution is 0.112. The van der Waals surface area contributed by atoms with Gasteiger partial charge in [0.05, 0.1) is 0 Å². The van der Waals surface area contributed by atoms with Gasteiger partial charge in [-0.25, -0.2) is 0 Å². The topological polar surface area (TPSA) is 38.9 Å². The quantitative estimate of drug-likeness (QED) is 0.869. The van der Waals surface area contributed by atoms with Gasteiger partial charge in [-0.2, -0.15) is 0 Å². The highest BCUT2D eigenvalue weighted by Gasteiger charge is 2.35. The second-order valence-corrected chi connectivity index (χ2v) is 6.06. The molecule has 2 atom stereocenters. The summed E-state index contributed by atoms with van der Waals surface area (Å²) < 4.78 is 0. The van der Waals surface area contributed by atoms with Gasteiger partial charge in [-0.15, -0.1) is 0 Å². The molecule has 1 aromatic rings. The van der Waals surface area contributed by atoms with E-state index in [-0.39, 0.29) is 6.04 Å². The van der Waals surface area contributed by atoms with Crippen molar-refractivity contribution >= 4 is 0 Å². The Morgan fingerprint density at radius 3 is 2.71 bits per heavy atom. The highest BCUT2D eigenvalue weighted by atomic mass is 14.7. The van der Waals surface area contributed by atoms with Crippen LogP contribution < -0.4 is 5.73 Å². The molecule has 1 aliphatic rings. The van der Waals surface area contributed by atoms with Crippen molar-refractivity contribution < 1.29 is 0 Å². The number of nitrogens with two attached hydrogens (primary N) is 1. The first-order chi connectivity index (χ1) is 8.09. The maximum absolute atomic E-state index is 6.44. The fourth-order valence-corrected chi connectivity index (χ4v) is 3.25. The zero-order valence-electron chi connectivity index (χ0n) is 11.0. The van der Waals surface area contributed by atoms with Crippen LogP contribution in [0.5, 0.6) is 0 Å². The Morgan fingerprint density at radius 1 is 1.35 bits per heavy atom. The molecule has 1 fully saturated rings. The molecule has 1 aromatic heterocycles. The van der Waals surface area contributed by atoms with Crippen LogP contribution in [0.1, 0.15) is 45.1 Å². The van der Waals surface area contributed by atoms with Crippen LogP contribution >= 0.6 is 0 Å². The highest BCUT2D eigenvalue weighted by molar-refractivity contribution is 5.12. The minimum Gasteiger partial charge on any atom is -0.327 e. The second-order valence-electron chi connectivity index (χ2n) is 6.06. The Kier molecular flexibility index (Phi) is 3.82. The maximum atomic E-state index is 6.44. The van der Waals surface area contributed by atoms with Crippen LogP contribution in [-0.2, 0) is 6.42 Å². The minimum absolute atomic E-state index is 0.285. The van der Waals surface area contributed by atoms with Crippen molar-refractivity contribution in [1.82, 2.24) is 4.98 Å². The summed E-state index contributed by atoms with van der Waals surface area (Å²) in [7, 11) is 0. The molecular formula is C15H24N2. The van der Waals surface area contributed by atoms with E-state index in [1.165, 1.54) is 31.2 Å². The van der Waals surface area contributed by atoms with E-state index in [1.54, 1.807) is 0 Å². The van der Waals surface area contributed by atoms with Gasteiger partial charge >= 0.3 is 0 Å². The maximum Gasteiger partial charge on any atom is 0.0270 e. The zero-order chi connectivity index (χ0) is 12.3. The molecule has 1 aliphatic carbocycles. The van der Waals surface area contributed by atoms with Gasteiger partial charge in [-0.05, 0) is 48.3 Å². The van der Waals surface area contributed by atoms with Crippen molar-refractivity contribution in [3.63, 3.8) is 0 Å². The van der Waals surface area contributed by atoms with E-state index in [0.29, 0.717) is 11.3 Å². The number of hydrogen-bond acceptors (Lipinski definition) is 2. The number of nitrogens with zero attached hydrogens (tertiary/aromatic N) is 1. The smallest absolute Gasteiger partial charge is 0.0270 e. The molecular weight excluding hydrogens is 208 g/mol. The highest BCUT2D eigenvalue weighted by Crippen LogP contribution is 2.42. The van der Waals surface area contributed by atoms with Crippen LogP contribution in [0.2, 0.25) is 0 Å². The van der Waals surface area contributed by atoms with Gasteiger partial charge in [0, 0.05) is 18.4 Å². The average molecular weight is 232 g/mol. The van der Waals surface area contributed by atoms with E-state index in [1.807, 2.05) is 12.4 Å². The summed E-state index contributed by atoms with van der Waals surface area (Å²) in [6.07, 6.45) is 10.0. The Hall–Kier alpha value is -0.890. The number of hydrogen-bond donors (Lipinski definition) is 1. The monoisotopic (exact) mass is 232 g/mol. The SMILES string of the molecule is CC1(C)CCCCC1C(N)Cc1ccncc1. The lowest BCUT2D eigenvalue weighted by atomic mass is 9.65. The molecule has 0 saturated heterocycles. The van der Waals surface area contributed by atoms with Crippen LogP contribution in [0.15, 0.2) is 24.5 Å². The van der Waals surface area contributed by atoms with Crippen molar-refractivity contribution in [3.05, 3.63) is 30.1 Å². The van der Waals surface area contributed by atoms with Gasteiger partial charge in [0.2, 0.25) is 0 Å². The van der Waals surface area contributed by atoms with Gasteiger partial charge in [0.15, 0.2) is 0 Å². The summed E-state index contributed by atoms with van der Waals surface area (Å²) >= 11 is 0. The van der Waals surface area contributed by atoms with E-state index < -0.39 is 0 Å². The van der Waals surface area contributed by atoms with E-state index in [4.69, 9.17) is 5.73 Å². The number of aromatic nitrogens is 1. The van der Waals surface area contributed by atoms with Crippen LogP contribution in [0.4, 0.5) is 0 Å². The summed E-state index contributed by atoms with van der Waals surface area (Å²) in [5, 5.41) is 0. The average Bonchev–Trinajstić information content (AvgIpc) is 2.29. The summed E-state index contributed by atoms with van der Waals surface area (Å²) in [6, 6.07) is 4.44. The molecule has 2 N–H and O–H groups in total. The molecule has 2 unspecified atom stereocenters. The minimum atomic E-state index is 0.285. The van der Waals surface area contributed by atoms with Crippen molar-refractivity contribution in [3.8, 4) is 0 Å². The largest absolute Gasteiger partial charge is 0.327 e. The van der Waals surface area contributed by atoms with Gasteiger partial charge < -0.3 is 5.73 Å². The number of rotatable bonds is 3. The fraction of sp³-hybridized carbons (Fsp3) is 0.667. The molecule has 2 rings (SSSR count). The van der Waals surface area contributed by atoms with Crippen molar-refractivity contribution in [2.75, 3.05) is 0 Å². The van der Waals surface area contributed by atoms with Gasteiger partial charge in [0.1, 0.15) is 0 Å². The second kappa shape index (κ2) is 5.18. The normalized spacial score (nSPS) is 25.5. The van der Waals surface area contributed by atoms with E-state index in [0.717, 1.165) is 6.42 Å². The Balaban J connectivity index is 2.02. The fourth-order valence-electron chi connectivity index (χ4n) is 3.25. The summed E-state index contributed by atoms with van der Waals surface area (Å²) in [5.74, 6) is 0.657. The molecule has 0 bridgehead atoms. The number of pyridine rings is 1. The third-order valence-electron chi connectivity index (χ3n) is 4.33. The predicted molar refractivity (Wildman–Crippen MR) is 71.7 cm³/mol.